The highest BCUT2D eigenvalue weighted by Crippen LogP contribution is 2.42. The predicted octanol–water partition coefficient (Wildman–Crippen LogP) is 4.45. The number of hydrogen-bond acceptors (Lipinski definition) is 6. The number of carbonyl (C=O) groups excluding carboxylic acids is 1. The van der Waals surface area contributed by atoms with Gasteiger partial charge >= 0.3 is 6.18 Å². The molecule has 3 heterocycles. The van der Waals surface area contributed by atoms with E-state index in [1.807, 2.05) is 0 Å². The number of anilines is 1. The smallest absolute Gasteiger partial charge is 0.376 e. The number of thiophene rings is 1. The number of nitrogens with zero attached hydrogens (tertiary/aromatic N) is 2. The van der Waals surface area contributed by atoms with Crippen LogP contribution in [0.5, 0.6) is 0 Å². The maximum absolute atomic E-state index is 12.7. The van der Waals surface area contributed by atoms with E-state index >= 15 is 0 Å². The standard InChI is InChI=1S/C18H14F3N3O3S/c1-9-22-16(27-24-9)14-12-6-7-26-8-13(12)28-17(14)23-15(25)10-2-4-11(5-3-10)18(19,20)21/h2-5H,6-8H2,1H3,(H,23,25). The van der Waals surface area contributed by atoms with Gasteiger partial charge in [-0.1, -0.05) is 5.16 Å². The van der Waals surface area contributed by atoms with E-state index in [1.54, 1.807) is 6.92 Å². The monoisotopic (exact) mass is 409 g/mol. The van der Waals surface area contributed by atoms with Gasteiger partial charge in [0.15, 0.2) is 5.82 Å². The Morgan fingerprint density at radius 2 is 2.00 bits per heavy atom. The lowest BCUT2D eigenvalue weighted by molar-refractivity contribution is -0.137. The third kappa shape index (κ3) is 3.52. The van der Waals surface area contributed by atoms with Crippen LogP contribution in [0.25, 0.3) is 11.5 Å². The van der Waals surface area contributed by atoms with Crippen LogP contribution < -0.4 is 5.32 Å². The summed E-state index contributed by atoms with van der Waals surface area (Å²) in [4.78, 5) is 17.8. The first-order valence-electron chi connectivity index (χ1n) is 8.34. The zero-order valence-corrected chi connectivity index (χ0v) is 15.4. The van der Waals surface area contributed by atoms with Crippen LogP contribution in [-0.2, 0) is 23.9 Å². The molecule has 0 unspecified atom stereocenters. The zero-order chi connectivity index (χ0) is 19.9. The molecule has 0 bridgehead atoms. The molecule has 0 saturated heterocycles. The number of benzene rings is 1. The van der Waals surface area contributed by atoms with E-state index in [0.717, 1.165) is 34.7 Å². The molecule has 0 saturated carbocycles. The number of alkyl halides is 3. The number of ether oxygens (including phenoxy) is 1. The highest BCUT2D eigenvalue weighted by atomic mass is 32.1. The minimum Gasteiger partial charge on any atom is -0.376 e. The summed E-state index contributed by atoms with van der Waals surface area (Å²) in [5, 5.41) is 7.07. The number of carbonyl (C=O) groups is 1. The van der Waals surface area contributed by atoms with E-state index in [2.05, 4.69) is 15.5 Å². The average molecular weight is 409 g/mol. The van der Waals surface area contributed by atoms with E-state index in [1.165, 1.54) is 11.3 Å². The molecular formula is C18H14F3N3O3S. The zero-order valence-electron chi connectivity index (χ0n) is 14.6. The Bertz CT molecular complexity index is 1030. The molecule has 1 aromatic carbocycles. The normalized spacial score (nSPS) is 14.0. The van der Waals surface area contributed by atoms with E-state index in [4.69, 9.17) is 9.26 Å². The van der Waals surface area contributed by atoms with Gasteiger partial charge in [-0.05, 0) is 43.2 Å². The molecule has 1 aliphatic heterocycles. The molecule has 10 heteroatoms. The molecule has 0 aliphatic carbocycles. The van der Waals surface area contributed by atoms with Gasteiger partial charge in [-0.3, -0.25) is 4.79 Å². The molecule has 0 fully saturated rings. The maximum atomic E-state index is 12.7. The summed E-state index contributed by atoms with van der Waals surface area (Å²) in [6.45, 7) is 2.64. The van der Waals surface area contributed by atoms with Crippen LogP contribution in [0.1, 0.15) is 32.2 Å². The van der Waals surface area contributed by atoms with Gasteiger partial charge in [0, 0.05) is 10.4 Å². The minimum absolute atomic E-state index is 0.114. The minimum atomic E-state index is -4.45. The molecule has 6 nitrogen and oxygen atoms in total. The van der Waals surface area contributed by atoms with Gasteiger partial charge in [-0.15, -0.1) is 11.3 Å². The van der Waals surface area contributed by atoms with Gasteiger partial charge in [0.2, 0.25) is 0 Å². The van der Waals surface area contributed by atoms with Crippen molar-refractivity contribution in [1.29, 1.82) is 0 Å². The van der Waals surface area contributed by atoms with Crippen molar-refractivity contribution in [2.75, 3.05) is 11.9 Å². The van der Waals surface area contributed by atoms with E-state index in [-0.39, 0.29) is 5.56 Å². The Morgan fingerprint density at radius 1 is 1.25 bits per heavy atom. The average Bonchev–Trinajstić information content (AvgIpc) is 3.23. The van der Waals surface area contributed by atoms with E-state index in [9.17, 15) is 18.0 Å². The second kappa shape index (κ2) is 7.02. The van der Waals surface area contributed by atoms with Crippen molar-refractivity contribution in [3.8, 4) is 11.5 Å². The quantitative estimate of drug-likeness (QED) is 0.692. The molecule has 0 spiro atoms. The molecule has 2 aromatic heterocycles. The van der Waals surface area contributed by atoms with Crippen LogP contribution in [0.2, 0.25) is 0 Å². The van der Waals surface area contributed by atoms with Gasteiger partial charge in [0.1, 0.15) is 5.00 Å². The van der Waals surface area contributed by atoms with Crippen LogP contribution in [-0.4, -0.2) is 22.7 Å². The van der Waals surface area contributed by atoms with Crippen molar-refractivity contribution in [1.82, 2.24) is 10.1 Å². The van der Waals surface area contributed by atoms with Gasteiger partial charge in [0.25, 0.3) is 11.8 Å². The molecule has 1 amide bonds. The Labute approximate surface area is 161 Å². The van der Waals surface area contributed by atoms with Crippen LogP contribution in [0.15, 0.2) is 28.8 Å². The summed E-state index contributed by atoms with van der Waals surface area (Å²) < 4.78 is 48.9. The van der Waals surface area contributed by atoms with Crippen molar-refractivity contribution in [2.24, 2.45) is 0 Å². The topological polar surface area (TPSA) is 77.2 Å². The van der Waals surface area contributed by atoms with Crippen molar-refractivity contribution >= 4 is 22.2 Å². The van der Waals surface area contributed by atoms with Gasteiger partial charge in [-0.25, -0.2) is 0 Å². The highest BCUT2D eigenvalue weighted by molar-refractivity contribution is 7.17. The Morgan fingerprint density at radius 3 is 2.64 bits per heavy atom. The second-order valence-electron chi connectivity index (χ2n) is 6.19. The summed E-state index contributed by atoms with van der Waals surface area (Å²) in [7, 11) is 0. The van der Waals surface area contributed by atoms with Crippen molar-refractivity contribution < 1.29 is 27.2 Å². The summed E-state index contributed by atoms with van der Waals surface area (Å²) in [6, 6.07) is 4.05. The SMILES string of the molecule is Cc1noc(-c2c(NC(=O)c3ccc(C(F)(F)F)cc3)sc3c2CCOC3)n1. The van der Waals surface area contributed by atoms with E-state index < -0.39 is 17.6 Å². The lowest BCUT2D eigenvalue weighted by Gasteiger charge is -2.12. The number of nitrogens with one attached hydrogen (secondary N) is 1. The van der Waals surface area contributed by atoms with Crippen molar-refractivity contribution in [3.63, 3.8) is 0 Å². The third-order valence-electron chi connectivity index (χ3n) is 4.26. The summed E-state index contributed by atoms with van der Waals surface area (Å²) in [5.41, 5.74) is 0.921. The largest absolute Gasteiger partial charge is 0.416 e. The lowest BCUT2D eigenvalue weighted by atomic mass is 10.1. The van der Waals surface area contributed by atoms with Gasteiger partial charge in [0.05, 0.1) is 24.3 Å². The Balaban J connectivity index is 1.66. The molecule has 0 atom stereocenters. The molecule has 28 heavy (non-hydrogen) atoms. The summed E-state index contributed by atoms with van der Waals surface area (Å²) >= 11 is 1.33. The molecular weight excluding hydrogens is 395 g/mol. The van der Waals surface area contributed by atoms with Gasteiger partial charge in [-0.2, -0.15) is 18.2 Å². The first-order chi connectivity index (χ1) is 13.3. The third-order valence-corrected chi connectivity index (χ3v) is 5.38. The molecule has 3 aromatic rings. The second-order valence-corrected chi connectivity index (χ2v) is 7.29. The van der Waals surface area contributed by atoms with Gasteiger partial charge < -0.3 is 14.6 Å². The fraction of sp³-hybridized carbons (Fsp3) is 0.278. The predicted molar refractivity (Wildman–Crippen MR) is 95.1 cm³/mol. The fourth-order valence-corrected chi connectivity index (χ4v) is 4.10. The number of hydrogen-bond donors (Lipinski definition) is 1. The summed E-state index contributed by atoms with van der Waals surface area (Å²) in [5.74, 6) is 0.229. The molecule has 0 radical (unpaired) electrons. The van der Waals surface area contributed by atoms with Crippen LogP contribution in [0.4, 0.5) is 18.2 Å². The maximum Gasteiger partial charge on any atom is 0.416 e. The number of halogens is 3. The lowest BCUT2D eigenvalue weighted by Crippen LogP contribution is -2.13. The number of aryl methyl sites for hydroxylation is 1. The first kappa shape index (κ1) is 18.6. The Hall–Kier alpha value is -2.72. The molecule has 146 valence electrons. The number of rotatable bonds is 3. The first-order valence-corrected chi connectivity index (χ1v) is 9.16. The number of aromatic nitrogens is 2. The van der Waals surface area contributed by atoms with E-state index in [0.29, 0.717) is 41.9 Å². The molecule has 4 rings (SSSR count). The van der Waals surface area contributed by atoms with Crippen molar-refractivity contribution in [2.45, 2.75) is 26.1 Å². The summed E-state index contributed by atoms with van der Waals surface area (Å²) in [6.07, 6.45) is -3.82. The molecule has 1 aliphatic rings. The highest BCUT2D eigenvalue weighted by Gasteiger charge is 2.31. The fourth-order valence-electron chi connectivity index (χ4n) is 2.93. The van der Waals surface area contributed by atoms with Crippen molar-refractivity contribution in [3.05, 3.63) is 51.7 Å². The Kier molecular flexibility index (Phi) is 4.68. The molecule has 1 N–H and O–H groups in total. The number of fused-ring (bicyclic) bond motifs is 1. The van der Waals surface area contributed by atoms with Crippen LogP contribution >= 0.6 is 11.3 Å². The van der Waals surface area contributed by atoms with Crippen LogP contribution in [0.3, 0.4) is 0 Å². The van der Waals surface area contributed by atoms with Crippen LogP contribution in [0, 0.1) is 6.92 Å². The number of amides is 1.